The van der Waals surface area contributed by atoms with Crippen LogP contribution >= 0.6 is 0 Å². The van der Waals surface area contributed by atoms with Gasteiger partial charge in [-0.3, -0.25) is 15.0 Å². The number of piperazine rings is 1. The van der Waals surface area contributed by atoms with Crippen molar-refractivity contribution in [1.29, 1.82) is 0 Å². The van der Waals surface area contributed by atoms with Crippen LogP contribution in [0.25, 0.3) is 0 Å². The summed E-state index contributed by atoms with van der Waals surface area (Å²) in [6.07, 6.45) is -0.457. The number of aryl methyl sites for hydroxylation is 1. The Morgan fingerprint density at radius 2 is 1.88 bits per heavy atom. The lowest BCUT2D eigenvalue weighted by molar-refractivity contribution is -0.384. The summed E-state index contributed by atoms with van der Waals surface area (Å²) in [6, 6.07) is 13.4. The lowest BCUT2D eigenvalue weighted by atomic mass is 10.0. The molecule has 1 fully saturated rings. The molecule has 0 bridgehead atoms. The number of carbonyl (C=O) groups is 1. The summed E-state index contributed by atoms with van der Waals surface area (Å²) in [7, 11) is 0. The molecule has 1 unspecified atom stereocenters. The molecule has 2 aromatic carbocycles. The van der Waals surface area contributed by atoms with Gasteiger partial charge in [0.2, 0.25) is 0 Å². The van der Waals surface area contributed by atoms with Crippen LogP contribution in [0.5, 0.6) is 5.75 Å². The Labute approximate surface area is 145 Å². The number of nitro groups is 1. The van der Waals surface area contributed by atoms with Gasteiger partial charge in [-0.2, -0.15) is 0 Å². The van der Waals surface area contributed by atoms with Crippen LogP contribution in [0, 0.1) is 17.0 Å². The molecule has 0 aliphatic carbocycles. The molecule has 3 rings (SSSR count). The second-order valence-electron chi connectivity index (χ2n) is 5.94. The van der Waals surface area contributed by atoms with Gasteiger partial charge in [-0.1, -0.05) is 29.8 Å². The summed E-state index contributed by atoms with van der Waals surface area (Å²) >= 11 is 0. The van der Waals surface area contributed by atoms with Crippen molar-refractivity contribution >= 4 is 11.8 Å². The van der Waals surface area contributed by atoms with Crippen LogP contribution in [0.15, 0.2) is 48.5 Å². The van der Waals surface area contributed by atoms with E-state index in [4.69, 9.17) is 4.74 Å². The van der Waals surface area contributed by atoms with E-state index < -0.39 is 11.0 Å². The molecular weight excluding hydrogens is 322 g/mol. The zero-order chi connectivity index (χ0) is 17.8. The maximum absolute atomic E-state index is 12.6. The van der Waals surface area contributed by atoms with Gasteiger partial charge >= 0.3 is 6.09 Å². The fourth-order valence-corrected chi connectivity index (χ4v) is 2.80. The van der Waals surface area contributed by atoms with Gasteiger partial charge in [0.15, 0.2) is 0 Å². The predicted molar refractivity (Wildman–Crippen MR) is 92.6 cm³/mol. The molecule has 1 saturated heterocycles. The standard InChI is InChI=1S/C18H19N3O4/c1-13-2-4-14(5-3-13)17-12-19-10-11-20(17)18(22)25-16-8-6-15(7-9-16)21(23)24/h2-9,17,19H,10-12H2,1H3. The first-order valence-corrected chi connectivity index (χ1v) is 8.05. The number of carbonyl (C=O) groups excluding carboxylic acids is 1. The molecule has 7 nitrogen and oxygen atoms in total. The fourth-order valence-electron chi connectivity index (χ4n) is 2.80. The predicted octanol–water partition coefficient (Wildman–Crippen LogP) is 3.05. The number of amides is 1. The van der Waals surface area contributed by atoms with Crippen molar-refractivity contribution in [2.45, 2.75) is 13.0 Å². The Morgan fingerprint density at radius 1 is 1.20 bits per heavy atom. The molecule has 25 heavy (non-hydrogen) atoms. The van der Waals surface area contributed by atoms with Gasteiger partial charge in [-0.05, 0) is 24.6 Å². The third-order valence-corrected chi connectivity index (χ3v) is 4.19. The lowest BCUT2D eigenvalue weighted by Gasteiger charge is -2.35. The fraction of sp³-hybridized carbons (Fsp3) is 0.278. The summed E-state index contributed by atoms with van der Waals surface area (Å²) in [6.45, 7) is 3.89. The number of ether oxygens (including phenoxy) is 1. The summed E-state index contributed by atoms with van der Waals surface area (Å²) in [4.78, 5) is 24.5. The molecule has 1 heterocycles. The maximum Gasteiger partial charge on any atom is 0.415 e. The van der Waals surface area contributed by atoms with E-state index in [0.29, 0.717) is 19.6 Å². The summed E-state index contributed by atoms with van der Waals surface area (Å²) in [5.74, 6) is 0.289. The average molecular weight is 341 g/mol. The van der Waals surface area contributed by atoms with Gasteiger partial charge < -0.3 is 10.1 Å². The average Bonchev–Trinajstić information content (AvgIpc) is 2.63. The lowest BCUT2D eigenvalue weighted by Crippen LogP contribution is -2.49. The maximum atomic E-state index is 12.6. The second kappa shape index (κ2) is 7.31. The molecule has 2 aromatic rings. The molecule has 7 heteroatoms. The van der Waals surface area contributed by atoms with Crippen LogP contribution in [0.4, 0.5) is 10.5 Å². The Morgan fingerprint density at radius 3 is 2.52 bits per heavy atom. The van der Waals surface area contributed by atoms with Crippen molar-refractivity contribution in [2.24, 2.45) is 0 Å². The molecule has 1 atom stereocenters. The second-order valence-corrected chi connectivity index (χ2v) is 5.94. The van der Waals surface area contributed by atoms with Gasteiger partial charge in [0.1, 0.15) is 5.75 Å². The molecule has 0 aromatic heterocycles. The topological polar surface area (TPSA) is 84.7 Å². The highest BCUT2D eigenvalue weighted by Crippen LogP contribution is 2.25. The van der Waals surface area contributed by atoms with Crippen LogP contribution < -0.4 is 10.1 Å². The van der Waals surface area contributed by atoms with Crippen molar-refractivity contribution in [3.63, 3.8) is 0 Å². The van der Waals surface area contributed by atoms with Crippen molar-refractivity contribution in [1.82, 2.24) is 10.2 Å². The molecule has 0 saturated carbocycles. The summed E-state index contributed by atoms with van der Waals surface area (Å²) in [5, 5.41) is 14.0. The van der Waals surface area contributed by atoms with E-state index in [2.05, 4.69) is 5.32 Å². The molecule has 1 aliphatic rings. The molecule has 130 valence electrons. The number of rotatable bonds is 3. The van der Waals surface area contributed by atoms with E-state index in [1.54, 1.807) is 4.90 Å². The highest BCUT2D eigenvalue weighted by atomic mass is 16.6. The minimum absolute atomic E-state index is 0.0421. The first-order chi connectivity index (χ1) is 12.0. The van der Waals surface area contributed by atoms with Gasteiger partial charge in [-0.15, -0.1) is 0 Å². The Hall–Kier alpha value is -2.93. The van der Waals surface area contributed by atoms with Crippen molar-refractivity contribution < 1.29 is 14.5 Å². The highest BCUT2D eigenvalue weighted by Gasteiger charge is 2.29. The van der Waals surface area contributed by atoms with Crippen LogP contribution in [0.1, 0.15) is 17.2 Å². The first-order valence-electron chi connectivity index (χ1n) is 8.05. The Bertz CT molecular complexity index is 759. The minimum atomic E-state index is -0.491. The monoisotopic (exact) mass is 341 g/mol. The van der Waals surface area contributed by atoms with Crippen LogP contribution in [0.2, 0.25) is 0 Å². The van der Waals surface area contributed by atoms with Crippen LogP contribution in [0.3, 0.4) is 0 Å². The summed E-state index contributed by atoms with van der Waals surface area (Å²) < 4.78 is 5.40. The van der Waals surface area contributed by atoms with Crippen LogP contribution in [-0.2, 0) is 0 Å². The zero-order valence-electron chi connectivity index (χ0n) is 13.8. The Balaban J connectivity index is 1.74. The number of hydrogen-bond acceptors (Lipinski definition) is 5. The normalized spacial score (nSPS) is 17.2. The molecular formula is C18H19N3O4. The Kier molecular flexibility index (Phi) is 4.95. The van der Waals surface area contributed by atoms with E-state index in [-0.39, 0.29) is 17.5 Å². The minimum Gasteiger partial charge on any atom is -0.410 e. The third-order valence-electron chi connectivity index (χ3n) is 4.19. The van der Waals surface area contributed by atoms with E-state index >= 15 is 0 Å². The first kappa shape index (κ1) is 16.9. The number of benzene rings is 2. The number of hydrogen-bond donors (Lipinski definition) is 1. The SMILES string of the molecule is Cc1ccc(C2CNCCN2C(=O)Oc2ccc([N+](=O)[O-])cc2)cc1. The third kappa shape index (κ3) is 3.95. The smallest absolute Gasteiger partial charge is 0.410 e. The molecule has 1 amide bonds. The summed E-state index contributed by atoms with van der Waals surface area (Å²) in [5.41, 5.74) is 2.16. The van der Waals surface area contributed by atoms with Gasteiger partial charge in [0, 0.05) is 31.8 Å². The number of non-ortho nitro benzene ring substituents is 1. The van der Waals surface area contributed by atoms with Crippen molar-refractivity contribution in [3.8, 4) is 5.75 Å². The van der Waals surface area contributed by atoms with Crippen molar-refractivity contribution in [3.05, 3.63) is 69.8 Å². The molecule has 0 radical (unpaired) electrons. The quantitative estimate of drug-likeness (QED) is 0.685. The van der Waals surface area contributed by atoms with E-state index in [0.717, 1.165) is 11.1 Å². The largest absolute Gasteiger partial charge is 0.415 e. The van der Waals surface area contributed by atoms with Crippen molar-refractivity contribution in [2.75, 3.05) is 19.6 Å². The van der Waals surface area contributed by atoms with Gasteiger partial charge in [-0.25, -0.2) is 4.79 Å². The zero-order valence-corrected chi connectivity index (χ0v) is 13.8. The van der Waals surface area contributed by atoms with Gasteiger partial charge in [0.05, 0.1) is 11.0 Å². The molecule has 1 aliphatic heterocycles. The molecule has 0 spiro atoms. The van der Waals surface area contributed by atoms with Crippen LogP contribution in [-0.4, -0.2) is 35.6 Å². The highest BCUT2D eigenvalue weighted by molar-refractivity contribution is 5.71. The number of nitrogens with zero attached hydrogens (tertiary/aromatic N) is 2. The van der Waals surface area contributed by atoms with Gasteiger partial charge in [0.25, 0.3) is 5.69 Å². The van der Waals surface area contributed by atoms with E-state index in [1.807, 2.05) is 31.2 Å². The number of nitrogens with one attached hydrogen (secondary N) is 1. The number of nitro benzene ring substituents is 1. The molecule has 1 N–H and O–H groups in total. The van der Waals surface area contributed by atoms with E-state index in [9.17, 15) is 14.9 Å². The van der Waals surface area contributed by atoms with E-state index in [1.165, 1.54) is 24.3 Å².